The number of aryl methyl sites for hydroxylation is 1. The molecule has 0 bridgehead atoms. The highest BCUT2D eigenvalue weighted by atomic mass is 16.5. The summed E-state index contributed by atoms with van der Waals surface area (Å²) in [6.45, 7) is 3.79. The van der Waals surface area contributed by atoms with Gasteiger partial charge in [-0.15, -0.1) is 0 Å². The molecule has 0 atom stereocenters. The first kappa shape index (κ1) is 9.53. The fraction of sp³-hybridized carbons (Fsp3) is 0.429. The van der Waals surface area contributed by atoms with Gasteiger partial charge in [0, 0.05) is 5.69 Å². The lowest BCUT2D eigenvalue weighted by Gasteiger charge is -2.01. The van der Waals surface area contributed by atoms with Crippen molar-refractivity contribution < 1.29 is 9.53 Å². The third-order valence-corrected chi connectivity index (χ3v) is 1.56. The molecule has 4 N–H and O–H groups in total. The largest absolute Gasteiger partial charge is 0.462 e. The fourth-order valence-electron chi connectivity index (χ4n) is 0.987. The second-order valence-corrected chi connectivity index (χ2v) is 2.44. The molecule has 6 heteroatoms. The molecule has 1 aromatic rings. The van der Waals surface area contributed by atoms with E-state index in [4.69, 9.17) is 10.6 Å². The molecule has 13 heavy (non-hydrogen) atoms. The van der Waals surface area contributed by atoms with Gasteiger partial charge in [-0.2, -0.15) is 5.10 Å². The lowest BCUT2D eigenvalue weighted by molar-refractivity contribution is 0.0526. The number of anilines is 1. The smallest absolute Gasteiger partial charge is 0.343 e. The van der Waals surface area contributed by atoms with Crippen molar-refractivity contribution in [1.82, 2.24) is 10.2 Å². The number of rotatable bonds is 3. The topological polar surface area (TPSA) is 93.0 Å². The zero-order valence-electron chi connectivity index (χ0n) is 7.55. The van der Waals surface area contributed by atoms with E-state index in [1.54, 1.807) is 13.8 Å². The van der Waals surface area contributed by atoms with Gasteiger partial charge in [-0.1, -0.05) is 0 Å². The minimum Gasteiger partial charge on any atom is -0.462 e. The molecular weight excluding hydrogens is 172 g/mol. The van der Waals surface area contributed by atoms with Crippen molar-refractivity contribution in [2.24, 2.45) is 5.84 Å². The Hall–Kier alpha value is -1.56. The number of esters is 1. The van der Waals surface area contributed by atoms with E-state index in [1.807, 2.05) is 0 Å². The van der Waals surface area contributed by atoms with Crippen molar-refractivity contribution in [3.05, 3.63) is 11.3 Å². The van der Waals surface area contributed by atoms with Crippen molar-refractivity contribution in [2.45, 2.75) is 13.8 Å². The van der Waals surface area contributed by atoms with Gasteiger partial charge >= 0.3 is 5.97 Å². The van der Waals surface area contributed by atoms with E-state index in [2.05, 4.69) is 15.6 Å². The summed E-state index contributed by atoms with van der Waals surface area (Å²) < 4.78 is 4.82. The first-order valence-corrected chi connectivity index (χ1v) is 3.89. The molecule has 0 saturated carbocycles. The van der Waals surface area contributed by atoms with E-state index in [9.17, 15) is 4.79 Å². The second kappa shape index (κ2) is 3.90. The van der Waals surface area contributed by atoms with Gasteiger partial charge in [0.15, 0.2) is 5.82 Å². The van der Waals surface area contributed by atoms with Crippen LogP contribution < -0.4 is 11.3 Å². The molecule has 0 radical (unpaired) electrons. The van der Waals surface area contributed by atoms with Crippen molar-refractivity contribution in [3.8, 4) is 0 Å². The molecular formula is C7H12N4O2. The molecule has 1 aromatic heterocycles. The third kappa shape index (κ3) is 1.78. The van der Waals surface area contributed by atoms with Gasteiger partial charge in [0.2, 0.25) is 0 Å². The zero-order chi connectivity index (χ0) is 9.84. The summed E-state index contributed by atoms with van der Waals surface area (Å²) in [5.41, 5.74) is 3.29. The minimum atomic E-state index is -0.429. The molecule has 0 aromatic carbocycles. The maximum absolute atomic E-state index is 11.3. The first-order chi connectivity index (χ1) is 6.20. The van der Waals surface area contributed by atoms with E-state index >= 15 is 0 Å². The van der Waals surface area contributed by atoms with Gasteiger partial charge in [-0.3, -0.25) is 5.10 Å². The number of nitrogens with zero attached hydrogens (tertiary/aromatic N) is 1. The Kier molecular flexibility index (Phi) is 2.86. The Labute approximate surface area is 75.4 Å². The van der Waals surface area contributed by atoms with E-state index in [0.717, 1.165) is 0 Å². The molecule has 1 heterocycles. The molecule has 0 saturated heterocycles. The number of nitrogens with one attached hydrogen (secondary N) is 2. The van der Waals surface area contributed by atoms with Crippen LogP contribution >= 0.6 is 0 Å². The van der Waals surface area contributed by atoms with Crippen LogP contribution in [-0.2, 0) is 4.74 Å². The van der Waals surface area contributed by atoms with Crippen molar-refractivity contribution >= 4 is 11.8 Å². The van der Waals surface area contributed by atoms with Crippen LogP contribution in [0.4, 0.5) is 5.82 Å². The van der Waals surface area contributed by atoms with Gasteiger partial charge in [0.1, 0.15) is 5.56 Å². The van der Waals surface area contributed by atoms with E-state index in [1.165, 1.54) is 0 Å². The number of nitrogen functional groups attached to an aromatic ring is 1. The molecule has 72 valence electrons. The lowest BCUT2D eigenvalue weighted by Crippen LogP contribution is -2.13. The third-order valence-electron chi connectivity index (χ3n) is 1.56. The lowest BCUT2D eigenvalue weighted by atomic mass is 10.2. The Morgan fingerprint density at radius 2 is 2.46 bits per heavy atom. The number of aromatic amines is 1. The Morgan fingerprint density at radius 1 is 1.77 bits per heavy atom. The maximum atomic E-state index is 11.3. The van der Waals surface area contributed by atoms with E-state index < -0.39 is 5.97 Å². The summed E-state index contributed by atoms with van der Waals surface area (Å²) in [6, 6.07) is 0. The van der Waals surface area contributed by atoms with Gasteiger partial charge in [0.25, 0.3) is 0 Å². The minimum absolute atomic E-state index is 0.302. The number of hydrogen-bond donors (Lipinski definition) is 3. The normalized spacial score (nSPS) is 9.77. The van der Waals surface area contributed by atoms with Gasteiger partial charge in [0.05, 0.1) is 6.61 Å². The predicted octanol–water partition coefficient (Wildman–Crippen LogP) is 0.180. The Morgan fingerprint density at radius 3 is 3.00 bits per heavy atom. The Balaban J connectivity index is 2.96. The van der Waals surface area contributed by atoms with Crippen LogP contribution in [0.1, 0.15) is 23.0 Å². The number of aromatic nitrogens is 2. The number of nitrogens with two attached hydrogens (primary N) is 1. The molecule has 0 spiro atoms. The Bertz CT molecular complexity index is 307. The summed E-state index contributed by atoms with van der Waals surface area (Å²) in [7, 11) is 0. The second-order valence-electron chi connectivity index (χ2n) is 2.44. The molecule has 0 amide bonds. The van der Waals surface area contributed by atoms with Crippen LogP contribution in [-0.4, -0.2) is 22.8 Å². The average molecular weight is 184 g/mol. The molecule has 0 aliphatic heterocycles. The van der Waals surface area contributed by atoms with E-state index in [-0.39, 0.29) is 0 Å². The number of hydrogen-bond acceptors (Lipinski definition) is 5. The highest BCUT2D eigenvalue weighted by molar-refractivity contribution is 5.95. The van der Waals surface area contributed by atoms with Crippen LogP contribution in [0, 0.1) is 6.92 Å². The van der Waals surface area contributed by atoms with Crippen LogP contribution in [0.3, 0.4) is 0 Å². The summed E-state index contributed by atoms with van der Waals surface area (Å²) in [5, 5.41) is 6.41. The number of hydrazine groups is 1. The SMILES string of the molecule is CCOC(=O)c1c(NN)n[nH]c1C. The summed E-state index contributed by atoms with van der Waals surface area (Å²) in [6.07, 6.45) is 0. The van der Waals surface area contributed by atoms with Crippen molar-refractivity contribution in [1.29, 1.82) is 0 Å². The quantitative estimate of drug-likeness (QED) is 0.354. The number of carbonyl (C=O) groups excluding carboxylic acids is 1. The predicted molar refractivity (Wildman–Crippen MR) is 47.1 cm³/mol. The van der Waals surface area contributed by atoms with Crippen LogP contribution in [0.15, 0.2) is 0 Å². The number of H-pyrrole nitrogens is 1. The van der Waals surface area contributed by atoms with Crippen molar-refractivity contribution in [2.75, 3.05) is 12.0 Å². The fourth-order valence-corrected chi connectivity index (χ4v) is 0.987. The molecule has 1 rings (SSSR count). The summed E-state index contributed by atoms with van der Waals surface area (Å²) >= 11 is 0. The maximum Gasteiger partial charge on any atom is 0.343 e. The molecule has 0 aliphatic carbocycles. The zero-order valence-corrected chi connectivity index (χ0v) is 7.55. The monoisotopic (exact) mass is 184 g/mol. The molecule has 0 aliphatic rings. The van der Waals surface area contributed by atoms with Crippen LogP contribution in [0.5, 0.6) is 0 Å². The standard InChI is InChI=1S/C7H12N4O2/c1-3-13-7(12)5-4(2)10-11-6(5)9-8/h3,8H2,1-2H3,(H2,9,10,11). The van der Waals surface area contributed by atoms with Crippen LogP contribution in [0.25, 0.3) is 0 Å². The number of ether oxygens (including phenoxy) is 1. The highest BCUT2D eigenvalue weighted by Gasteiger charge is 2.18. The summed E-state index contributed by atoms with van der Waals surface area (Å²) in [5.74, 6) is 5.03. The van der Waals surface area contributed by atoms with Crippen molar-refractivity contribution in [3.63, 3.8) is 0 Å². The first-order valence-electron chi connectivity index (χ1n) is 3.89. The van der Waals surface area contributed by atoms with Gasteiger partial charge < -0.3 is 10.2 Å². The van der Waals surface area contributed by atoms with E-state index in [0.29, 0.717) is 23.7 Å². The molecule has 0 fully saturated rings. The van der Waals surface area contributed by atoms with Gasteiger partial charge in [-0.25, -0.2) is 10.6 Å². The summed E-state index contributed by atoms with van der Waals surface area (Å²) in [4.78, 5) is 11.3. The highest BCUT2D eigenvalue weighted by Crippen LogP contribution is 2.15. The van der Waals surface area contributed by atoms with Gasteiger partial charge in [-0.05, 0) is 13.8 Å². The van der Waals surface area contributed by atoms with Crippen LogP contribution in [0.2, 0.25) is 0 Å². The average Bonchev–Trinajstić information content (AvgIpc) is 2.47. The molecule has 6 nitrogen and oxygen atoms in total. The number of carbonyl (C=O) groups is 1. The molecule has 0 unspecified atom stereocenters.